The third kappa shape index (κ3) is 1.55. The number of nitriles is 1. The van der Waals surface area contributed by atoms with Gasteiger partial charge in [-0.1, -0.05) is 12.1 Å². The lowest BCUT2D eigenvalue weighted by molar-refractivity contribution is 0.647. The van der Waals surface area contributed by atoms with Crippen LogP contribution in [0.4, 0.5) is 5.69 Å². The Bertz CT molecular complexity index is 306. The van der Waals surface area contributed by atoms with Crippen LogP contribution in [0.2, 0.25) is 0 Å². The molecule has 0 saturated heterocycles. The molecule has 0 aliphatic rings. The van der Waals surface area contributed by atoms with Gasteiger partial charge in [0.25, 0.3) is 0 Å². The van der Waals surface area contributed by atoms with Crippen LogP contribution >= 0.6 is 0 Å². The number of nitrogens with two attached hydrogens (primary N) is 2. The molecule has 0 amide bonds. The maximum Gasteiger partial charge on any atom is 0.126 e. The van der Waals surface area contributed by atoms with Crippen LogP contribution < -0.4 is 11.5 Å². The number of rotatable bonds is 1. The van der Waals surface area contributed by atoms with Crippen LogP contribution in [0.3, 0.4) is 0 Å². The summed E-state index contributed by atoms with van der Waals surface area (Å²) in [6.07, 6.45) is 0. The highest BCUT2D eigenvalue weighted by atomic mass is 14.7. The van der Waals surface area contributed by atoms with Crippen molar-refractivity contribution in [3.63, 3.8) is 0 Å². The first-order valence-electron chi connectivity index (χ1n) is 3.62. The van der Waals surface area contributed by atoms with Crippen LogP contribution in [-0.4, -0.2) is 0 Å². The largest absolute Gasteiger partial charge is 0.399 e. The van der Waals surface area contributed by atoms with Crippen molar-refractivity contribution in [1.82, 2.24) is 0 Å². The zero-order valence-corrected chi connectivity index (χ0v) is 6.91. The Hall–Kier alpha value is -1.53. The number of nitrogens with zero attached hydrogens (tertiary/aromatic N) is 1. The molecule has 0 spiro atoms. The van der Waals surface area contributed by atoms with Gasteiger partial charge in [0.2, 0.25) is 0 Å². The molecule has 1 aromatic carbocycles. The van der Waals surface area contributed by atoms with Gasteiger partial charge in [0.15, 0.2) is 0 Å². The van der Waals surface area contributed by atoms with Gasteiger partial charge in [0.1, 0.15) is 5.54 Å². The average Bonchev–Trinajstić information content (AvgIpc) is 2.05. The molecular formula is C9H11N3. The fourth-order valence-corrected chi connectivity index (χ4v) is 0.894. The molecule has 62 valence electrons. The molecule has 1 aromatic rings. The van der Waals surface area contributed by atoms with Crippen LogP contribution in [0.1, 0.15) is 12.5 Å². The van der Waals surface area contributed by atoms with Crippen molar-refractivity contribution >= 4 is 5.69 Å². The van der Waals surface area contributed by atoms with Gasteiger partial charge in [-0.15, -0.1) is 0 Å². The Morgan fingerprint density at radius 1 is 1.33 bits per heavy atom. The smallest absolute Gasteiger partial charge is 0.126 e. The molecule has 1 rings (SSSR count). The minimum atomic E-state index is -0.923. The number of nitrogen functional groups attached to an aromatic ring is 1. The molecule has 0 unspecified atom stereocenters. The van der Waals surface area contributed by atoms with E-state index in [0.717, 1.165) is 5.56 Å². The van der Waals surface area contributed by atoms with E-state index >= 15 is 0 Å². The zero-order chi connectivity index (χ0) is 9.19. The summed E-state index contributed by atoms with van der Waals surface area (Å²) in [5, 5.41) is 8.71. The highest BCUT2D eigenvalue weighted by Gasteiger charge is 2.19. The topological polar surface area (TPSA) is 75.8 Å². The van der Waals surface area contributed by atoms with Gasteiger partial charge in [-0.3, -0.25) is 0 Å². The lowest BCUT2D eigenvalue weighted by Gasteiger charge is -2.15. The van der Waals surface area contributed by atoms with E-state index in [2.05, 4.69) is 0 Å². The van der Waals surface area contributed by atoms with E-state index in [1.165, 1.54) is 0 Å². The van der Waals surface area contributed by atoms with Crippen molar-refractivity contribution in [2.24, 2.45) is 5.73 Å². The highest BCUT2D eigenvalue weighted by molar-refractivity contribution is 5.42. The molecule has 0 bridgehead atoms. The van der Waals surface area contributed by atoms with E-state index in [0.29, 0.717) is 5.69 Å². The van der Waals surface area contributed by atoms with Crippen LogP contribution in [0.15, 0.2) is 24.3 Å². The standard InChI is InChI=1S/C9H11N3/c1-9(12,6-10)7-2-4-8(11)5-3-7/h2-5H,11-12H2,1H3/t9-/m0/s1. The van der Waals surface area contributed by atoms with Gasteiger partial charge in [-0.2, -0.15) is 5.26 Å². The Morgan fingerprint density at radius 2 is 1.83 bits per heavy atom. The van der Waals surface area contributed by atoms with Gasteiger partial charge in [-0.25, -0.2) is 0 Å². The summed E-state index contributed by atoms with van der Waals surface area (Å²) in [6, 6.07) is 9.01. The van der Waals surface area contributed by atoms with Crippen molar-refractivity contribution in [3.8, 4) is 6.07 Å². The first kappa shape index (κ1) is 8.57. The fourth-order valence-electron chi connectivity index (χ4n) is 0.894. The lowest BCUT2D eigenvalue weighted by Crippen LogP contribution is -2.30. The maximum absolute atomic E-state index is 8.71. The summed E-state index contributed by atoms with van der Waals surface area (Å²) < 4.78 is 0. The summed E-state index contributed by atoms with van der Waals surface area (Å²) in [5.74, 6) is 0. The number of benzene rings is 1. The molecule has 0 heterocycles. The van der Waals surface area contributed by atoms with Gasteiger partial charge < -0.3 is 11.5 Å². The average molecular weight is 161 g/mol. The minimum Gasteiger partial charge on any atom is -0.399 e. The third-order valence-corrected chi connectivity index (χ3v) is 1.74. The van der Waals surface area contributed by atoms with Gasteiger partial charge in [-0.05, 0) is 24.6 Å². The first-order valence-corrected chi connectivity index (χ1v) is 3.62. The Kier molecular flexibility index (Phi) is 2.03. The first-order chi connectivity index (χ1) is 5.56. The summed E-state index contributed by atoms with van der Waals surface area (Å²) in [7, 11) is 0. The van der Waals surface area contributed by atoms with Crippen molar-refractivity contribution < 1.29 is 0 Å². The van der Waals surface area contributed by atoms with E-state index < -0.39 is 5.54 Å². The van der Waals surface area contributed by atoms with Crippen LogP contribution in [0, 0.1) is 11.3 Å². The quantitative estimate of drug-likeness (QED) is 0.602. The van der Waals surface area contributed by atoms with Crippen LogP contribution in [0.5, 0.6) is 0 Å². The number of hydrogen-bond acceptors (Lipinski definition) is 3. The minimum absolute atomic E-state index is 0.674. The Balaban J connectivity index is 3.07. The van der Waals surface area contributed by atoms with E-state index in [-0.39, 0.29) is 0 Å². The van der Waals surface area contributed by atoms with E-state index in [4.69, 9.17) is 16.7 Å². The zero-order valence-electron chi connectivity index (χ0n) is 6.91. The van der Waals surface area contributed by atoms with Gasteiger partial charge >= 0.3 is 0 Å². The molecule has 0 aromatic heterocycles. The van der Waals surface area contributed by atoms with E-state index in [9.17, 15) is 0 Å². The summed E-state index contributed by atoms with van der Waals surface area (Å²) in [5.41, 5.74) is 11.7. The molecule has 0 radical (unpaired) electrons. The molecule has 3 heteroatoms. The summed E-state index contributed by atoms with van der Waals surface area (Å²) in [6.45, 7) is 1.67. The molecule has 0 aliphatic heterocycles. The number of anilines is 1. The van der Waals surface area contributed by atoms with Crippen LogP contribution in [-0.2, 0) is 5.54 Å². The van der Waals surface area contributed by atoms with Crippen molar-refractivity contribution in [3.05, 3.63) is 29.8 Å². The molecule has 0 fully saturated rings. The van der Waals surface area contributed by atoms with E-state index in [1.807, 2.05) is 6.07 Å². The normalized spacial score (nSPS) is 14.8. The van der Waals surface area contributed by atoms with Gasteiger partial charge in [0, 0.05) is 5.69 Å². The molecular weight excluding hydrogens is 150 g/mol. The van der Waals surface area contributed by atoms with Crippen LogP contribution in [0.25, 0.3) is 0 Å². The van der Waals surface area contributed by atoms with Gasteiger partial charge in [0.05, 0.1) is 6.07 Å². The highest BCUT2D eigenvalue weighted by Crippen LogP contribution is 2.17. The molecule has 0 aliphatic carbocycles. The molecule has 1 atom stereocenters. The SMILES string of the molecule is C[C@](N)(C#N)c1ccc(N)cc1. The van der Waals surface area contributed by atoms with Crippen molar-refractivity contribution in [2.45, 2.75) is 12.5 Å². The number of hydrogen-bond donors (Lipinski definition) is 2. The summed E-state index contributed by atoms with van der Waals surface area (Å²) >= 11 is 0. The second-order valence-corrected chi connectivity index (χ2v) is 2.94. The Morgan fingerprint density at radius 3 is 2.25 bits per heavy atom. The van der Waals surface area contributed by atoms with E-state index in [1.54, 1.807) is 31.2 Å². The fraction of sp³-hybridized carbons (Fsp3) is 0.222. The van der Waals surface area contributed by atoms with Crippen molar-refractivity contribution in [1.29, 1.82) is 5.26 Å². The third-order valence-electron chi connectivity index (χ3n) is 1.74. The molecule has 4 N–H and O–H groups in total. The second-order valence-electron chi connectivity index (χ2n) is 2.94. The molecule has 12 heavy (non-hydrogen) atoms. The predicted octanol–water partition coefficient (Wildman–Crippen LogP) is 0.966. The predicted molar refractivity (Wildman–Crippen MR) is 48.0 cm³/mol. The van der Waals surface area contributed by atoms with Crippen molar-refractivity contribution in [2.75, 3.05) is 5.73 Å². The molecule has 0 saturated carbocycles. The second kappa shape index (κ2) is 2.84. The monoisotopic (exact) mass is 161 g/mol. The maximum atomic E-state index is 8.71. The lowest BCUT2D eigenvalue weighted by atomic mass is 9.95. The molecule has 3 nitrogen and oxygen atoms in total. The Labute approximate surface area is 71.6 Å². The summed E-state index contributed by atoms with van der Waals surface area (Å²) in [4.78, 5) is 0.